The SMILES string of the molecule is NC1CCC(CCCc2nc(N3CCOCC3)cc(-n3c(C(F)F)nc4ccccc43)n2)CC1. The minimum absolute atomic E-state index is 0.294. The molecule has 3 aromatic rings. The fourth-order valence-corrected chi connectivity index (χ4v) is 5.11. The minimum Gasteiger partial charge on any atom is -0.378 e. The van der Waals surface area contributed by atoms with Crippen LogP contribution in [0.25, 0.3) is 16.9 Å². The van der Waals surface area contributed by atoms with Crippen molar-refractivity contribution in [2.75, 3.05) is 31.2 Å². The Morgan fingerprint density at radius 2 is 1.74 bits per heavy atom. The number of para-hydroxylation sites is 2. The normalized spacial score (nSPS) is 21.5. The molecule has 7 nitrogen and oxygen atoms in total. The van der Waals surface area contributed by atoms with Crippen LogP contribution in [0.5, 0.6) is 0 Å². The number of anilines is 1. The van der Waals surface area contributed by atoms with Gasteiger partial charge in [0.25, 0.3) is 6.43 Å². The third-order valence-electron chi connectivity index (χ3n) is 7.00. The number of aryl methyl sites for hydroxylation is 1. The lowest BCUT2D eigenvalue weighted by Crippen LogP contribution is -2.37. The first-order valence-corrected chi connectivity index (χ1v) is 12.3. The van der Waals surface area contributed by atoms with Crippen LogP contribution < -0.4 is 10.6 Å². The van der Waals surface area contributed by atoms with Gasteiger partial charge in [-0.15, -0.1) is 0 Å². The molecule has 1 aromatic carbocycles. The summed E-state index contributed by atoms with van der Waals surface area (Å²) >= 11 is 0. The molecule has 0 unspecified atom stereocenters. The molecule has 1 saturated heterocycles. The molecule has 5 rings (SSSR count). The second-order valence-electron chi connectivity index (χ2n) is 9.37. The summed E-state index contributed by atoms with van der Waals surface area (Å²) in [6, 6.07) is 9.34. The average molecular weight is 471 g/mol. The molecular formula is C25H32F2N6O. The van der Waals surface area contributed by atoms with E-state index in [1.54, 1.807) is 24.3 Å². The van der Waals surface area contributed by atoms with Gasteiger partial charge in [-0.2, -0.15) is 0 Å². The second-order valence-corrected chi connectivity index (χ2v) is 9.37. The van der Waals surface area contributed by atoms with E-state index >= 15 is 0 Å². The molecule has 0 radical (unpaired) electrons. The molecule has 2 aliphatic rings. The Morgan fingerprint density at radius 3 is 2.50 bits per heavy atom. The predicted octanol–water partition coefficient (Wildman–Crippen LogP) is 4.43. The molecule has 2 aromatic heterocycles. The molecule has 0 atom stereocenters. The van der Waals surface area contributed by atoms with Crippen molar-refractivity contribution < 1.29 is 13.5 Å². The van der Waals surface area contributed by atoms with Crippen LogP contribution in [0.15, 0.2) is 30.3 Å². The number of nitrogens with zero attached hydrogens (tertiary/aromatic N) is 5. The van der Waals surface area contributed by atoms with E-state index in [1.165, 1.54) is 17.4 Å². The second kappa shape index (κ2) is 10.3. The van der Waals surface area contributed by atoms with E-state index in [-0.39, 0.29) is 5.82 Å². The Hall–Kier alpha value is -2.65. The Balaban J connectivity index is 1.46. The minimum atomic E-state index is -2.71. The number of halogens is 2. The summed E-state index contributed by atoms with van der Waals surface area (Å²) in [5.41, 5.74) is 7.19. The van der Waals surface area contributed by atoms with Crippen molar-refractivity contribution in [3.63, 3.8) is 0 Å². The maximum absolute atomic E-state index is 14.0. The van der Waals surface area contributed by atoms with Crippen LogP contribution in [0.4, 0.5) is 14.6 Å². The molecule has 0 amide bonds. The Labute approximate surface area is 198 Å². The molecule has 1 saturated carbocycles. The molecule has 1 aliphatic carbocycles. The third-order valence-corrected chi connectivity index (χ3v) is 7.00. The zero-order valence-electron chi connectivity index (χ0n) is 19.4. The number of fused-ring (bicyclic) bond motifs is 1. The highest BCUT2D eigenvalue weighted by Gasteiger charge is 2.23. The lowest BCUT2D eigenvalue weighted by Gasteiger charge is -2.28. The van der Waals surface area contributed by atoms with Gasteiger partial charge in [0, 0.05) is 31.6 Å². The first-order valence-electron chi connectivity index (χ1n) is 12.3. The Morgan fingerprint density at radius 1 is 1.00 bits per heavy atom. The van der Waals surface area contributed by atoms with Crippen molar-refractivity contribution in [3.05, 3.63) is 42.0 Å². The number of hydrogen-bond acceptors (Lipinski definition) is 6. The van der Waals surface area contributed by atoms with Crippen LogP contribution in [-0.2, 0) is 11.2 Å². The lowest BCUT2D eigenvalue weighted by atomic mass is 9.83. The predicted molar refractivity (Wildman–Crippen MR) is 128 cm³/mol. The average Bonchev–Trinajstić information content (AvgIpc) is 3.26. The zero-order valence-corrected chi connectivity index (χ0v) is 19.4. The van der Waals surface area contributed by atoms with Gasteiger partial charge in [0.05, 0.1) is 24.2 Å². The van der Waals surface area contributed by atoms with E-state index in [0.29, 0.717) is 67.4 Å². The van der Waals surface area contributed by atoms with Gasteiger partial charge in [-0.3, -0.25) is 4.57 Å². The fraction of sp³-hybridized carbons (Fsp3) is 0.560. The van der Waals surface area contributed by atoms with Crippen molar-refractivity contribution in [2.45, 2.75) is 57.4 Å². The third kappa shape index (κ3) is 5.05. The first-order chi connectivity index (χ1) is 16.6. The number of imidazole rings is 1. The number of ether oxygens (including phenoxy) is 1. The maximum atomic E-state index is 14.0. The first kappa shape index (κ1) is 23.1. The zero-order chi connectivity index (χ0) is 23.5. The maximum Gasteiger partial charge on any atom is 0.296 e. The molecule has 2 fully saturated rings. The molecule has 0 spiro atoms. The van der Waals surface area contributed by atoms with Crippen molar-refractivity contribution in [1.29, 1.82) is 0 Å². The van der Waals surface area contributed by atoms with Crippen LogP contribution in [0, 0.1) is 5.92 Å². The highest BCUT2D eigenvalue weighted by molar-refractivity contribution is 5.78. The molecule has 2 N–H and O–H groups in total. The van der Waals surface area contributed by atoms with E-state index in [9.17, 15) is 8.78 Å². The summed E-state index contributed by atoms with van der Waals surface area (Å²) in [4.78, 5) is 15.9. The Bertz CT molecular complexity index is 1110. The van der Waals surface area contributed by atoms with E-state index in [4.69, 9.17) is 20.4 Å². The van der Waals surface area contributed by atoms with Crippen LogP contribution in [0.2, 0.25) is 0 Å². The van der Waals surface area contributed by atoms with Crippen LogP contribution in [-0.4, -0.2) is 51.9 Å². The van der Waals surface area contributed by atoms with Gasteiger partial charge in [0.15, 0.2) is 5.82 Å². The number of benzene rings is 1. The van der Waals surface area contributed by atoms with E-state index in [1.807, 2.05) is 6.07 Å². The number of hydrogen-bond donors (Lipinski definition) is 1. The largest absolute Gasteiger partial charge is 0.378 e. The van der Waals surface area contributed by atoms with Gasteiger partial charge in [0.2, 0.25) is 0 Å². The number of rotatable bonds is 7. The van der Waals surface area contributed by atoms with Crippen LogP contribution >= 0.6 is 0 Å². The van der Waals surface area contributed by atoms with Gasteiger partial charge >= 0.3 is 0 Å². The van der Waals surface area contributed by atoms with Crippen molar-refractivity contribution in [2.24, 2.45) is 11.7 Å². The molecule has 1 aliphatic heterocycles. The summed E-state index contributed by atoms with van der Waals surface area (Å²) in [7, 11) is 0. The van der Waals surface area contributed by atoms with Gasteiger partial charge < -0.3 is 15.4 Å². The number of morpholine rings is 1. The van der Waals surface area contributed by atoms with E-state index in [0.717, 1.165) is 31.5 Å². The quantitative estimate of drug-likeness (QED) is 0.550. The number of alkyl halides is 2. The molecule has 3 heterocycles. The lowest BCUT2D eigenvalue weighted by molar-refractivity contribution is 0.122. The molecule has 182 valence electrons. The highest BCUT2D eigenvalue weighted by Crippen LogP contribution is 2.30. The molecule has 34 heavy (non-hydrogen) atoms. The van der Waals surface area contributed by atoms with Gasteiger partial charge in [0.1, 0.15) is 17.5 Å². The summed E-state index contributed by atoms with van der Waals surface area (Å²) in [5.74, 6) is 2.29. The van der Waals surface area contributed by atoms with E-state index < -0.39 is 6.43 Å². The standard InChI is InChI=1S/C25H32F2N6O/c26-24(27)25-29-19-5-1-2-6-20(19)33(25)23-16-22(32-12-14-34-15-13-32)30-21(31-23)7-3-4-17-8-10-18(28)11-9-17/h1-2,5-6,16-18,24H,3-4,7-15,28H2. The number of aromatic nitrogens is 4. The highest BCUT2D eigenvalue weighted by atomic mass is 19.3. The fourth-order valence-electron chi connectivity index (χ4n) is 5.11. The van der Waals surface area contributed by atoms with Crippen LogP contribution in [0.3, 0.4) is 0 Å². The summed E-state index contributed by atoms with van der Waals surface area (Å²) in [6.45, 7) is 2.67. The van der Waals surface area contributed by atoms with Gasteiger partial charge in [-0.05, 0) is 50.2 Å². The molecule has 9 heteroatoms. The van der Waals surface area contributed by atoms with Crippen molar-refractivity contribution in [3.8, 4) is 5.82 Å². The van der Waals surface area contributed by atoms with Gasteiger partial charge in [-0.25, -0.2) is 23.7 Å². The van der Waals surface area contributed by atoms with Crippen LogP contribution in [0.1, 0.15) is 56.6 Å². The van der Waals surface area contributed by atoms with Crippen molar-refractivity contribution >= 4 is 16.9 Å². The molecule has 0 bridgehead atoms. The monoisotopic (exact) mass is 470 g/mol. The Kier molecular flexibility index (Phi) is 7.01. The van der Waals surface area contributed by atoms with Crippen molar-refractivity contribution in [1.82, 2.24) is 19.5 Å². The van der Waals surface area contributed by atoms with Gasteiger partial charge in [-0.1, -0.05) is 18.6 Å². The topological polar surface area (TPSA) is 82.1 Å². The molecular weight excluding hydrogens is 438 g/mol. The van der Waals surface area contributed by atoms with E-state index in [2.05, 4.69) is 9.88 Å². The summed E-state index contributed by atoms with van der Waals surface area (Å²) < 4.78 is 34.9. The summed E-state index contributed by atoms with van der Waals surface area (Å²) in [6.07, 6.45) is 4.64. The number of nitrogens with two attached hydrogens (primary N) is 1. The smallest absolute Gasteiger partial charge is 0.296 e. The summed E-state index contributed by atoms with van der Waals surface area (Å²) in [5, 5.41) is 0.